The Kier molecular flexibility index (Phi) is 8.79. The Bertz CT molecular complexity index is 481. The van der Waals surface area contributed by atoms with Crippen molar-refractivity contribution in [2.75, 3.05) is 19.7 Å². The van der Waals surface area contributed by atoms with Gasteiger partial charge in [-0.15, -0.1) is 0 Å². The van der Waals surface area contributed by atoms with Crippen molar-refractivity contribution in [3.8, 4) is 0 Å². The van der Waals surface area contributed by atoms with Gasteiger partial charge in [0.2, 0.25) is 5.91 Å². The third kappa shape index (κ3) is 7.45. The molecule has 0 unspecified atom stereocenters. The van der Waals surface area contributed by atoms with Crippen LogP contribution in [0.1, 0.15) is 32.3 Å². The molecule has 6 heteroatoms. The van der Waals surface area contributed by atoms with E-state index in [1.54, 1.807) is 6.07 Å². The zero-order chi connectivity index (χ0) is 16.5. The van der Waals surface area contributed by atoms with Crippen LogP contribution >= 0.6 is 23.2 Å². The first-order valence-electron chi connectivity index (χ1n) is 7.49. The lowest BCUT2D eigenvalue weighted by atomic mass is 10.2. The van der Waals surface area contributed by atoms with Crippen LogP contribution in [0.3, 0.4) is 0 Å². The molecule has 1 rings (SSSR count). The Hall–Kier alpha value is -0.810. The van der Waals surface area contributed by atoms with Crippen molar-refractivity contribution < 1.29 is 9.90 Å². The minimum atomic E-state index is 0.0399. The van der Waals surface area contributed by atoms with Crippen LogP contribution in [0.2, 0.25) is 10.0 Å². The summed E-state index contributed by atoms with van der Waals surface area (Å²) in [5.41, 5.74) is 1.04. The number of hydrogen-bond acceptors (Lipinski definition) is 3. The quantitative estimate of drug-likeness (QED) is 0.722. The molecule has 124 valence electrons. The smallest absolute Gasteiger partial charge is 0.221 e. The van der Waals surface area contributed by atoms with E-state index in [0.717, 1.165) is 12.1 Å². The average Bonchev–Trinajstić information content (AvgIpc) is 2.45. The zero-order valence-corrected chi connectivity index (χ0v) is 14.6. The van der Waals surface area contributed by atoms with Crippen molar-refractivity contribution in [2.24, 2.45) is 0 Å². The zero-order valence-electron chi connectivity index (χ0n) is 13.1. The van der Waals surface area contributed by atoms with Crippen molar-refractivity contribution in [3.63, 3.8) is 0 Å². The van der Waals surface area contributed by atoms with Gasteiger partial charge < -0.3 is 10.4 Å². The molecule has 0 fully saturated rings. The lowest BCUT2D eigenvalue weighted by molar-refractivity contribution is -0.121. The van der Waals surface area contributed by atoms with Gasteiger partial charge in [-0.05, 0) is 38.0 Å². The van der Waals surface area contributed by atoms with E-state index in [2.05, 4.69) is 10.2 Å². The number of aliphatic hydroxyl groups is 1. The second kappa shape index (κ2) is 10.1. The maximum Gasteiger partial charge on any atom is 0.221 e. The van der Waals surface area contributed by atoms with Gasteiger partial charge in [-0.25, -0.2) is 0 Å². The van der Waals surface area contributed by atoms with Gasteiger partial charge in [0, 0.05) is 38.7 Å². The minimum Gasteiger partial charge on any atom is -0.396 e. The SMILES string of the molecule is CC(C)NC(=O)CCN(CCCO)Cc1ccc(Cl)c(Cl)c1. The van der Waals surface area contributed by atoms with Crippen LogP contribution in [0.15, 0.2) is 18.2 Å². The third-order valence-corrected chi connectivity index (χ3v) is 3.87. The van der Waals surface area contributed by atoms with Crippen LogP contribution in [-0.4, -0.2) is 41.7 Å². The summed E-state index contributed by atoms with van der Waals surface area (Å²) < 4.78 is 0. The Morgan fingerprint density at radius 3 is 2.59 bits per heavy atom. The second-order valence-electron chi connectivity index (χ2n) is 5.57. The molecule has 0 aromatic heterocycles. The van der Waals surface area contributed by atoms with E-state index in [1.807, 2.05) is 26.0 Å². The fraction of sp³-hybridized carbons (Fsp3) is 0.562. The van der Waals surface area contributed by atoms with Gasteiger partial charge in [-0.1, -0.05) is 29.3 Å². The van der Waals surface area contributed by atoms with Crippen LogP contribution in [0, 0.1) is 0 Å². The predicted octanol–water partition coefficient (Wildman–Crippen LogP) is 3.09. The fourth-order valence-corrected chi connectivity index (χ4v) is 2.43. The number of benzene rings is 1. The maximum absolute atomic E-state index is 11.8. The Balaban J connectivity index is 2.59. The first kappa shape index (κ1) is 19.2. The van der Waals surface area contributed by atoms with Crippen LogP contribution in [0.4, 0.5) is 0 Å². The van der Waals surface area contributed by atoms with Crippen LogP contribution in [0.25, 0.3) is 0 Å². The van der Waals surface area contributed by atoms with Gasteiger partial charge in [0.25, 0.3) is 0 Å². The highest BCUT2D eigenvalue weighted by atomic mass is 35.5. The molecule has 1 aromatic carbocycles. The molecule has 4 nitrogen and oxygen atoms in total. The highest BCUT2D eigenvalue weighted by Gasteiger charge is 2.10. The number of carbonyl (C=O) groups excluding carboxylic acids is 1. The number of aliphatic hydroxyl groups excluding tert-OH is 1. The first-order chi connectivity index (χ1) is 10.4. The summed E-state index contributed by atoms with van der Waals surface area (Å²) in [4.78, 5) is 13.9. The topological polar surface area (TPSA) is 52.6 Å². The fourth-order valence-electron chi connectivity index (χ4n) is 2.11. The highest BCUT2D eigenvalue weighted by Crippen LogP contribution is 2.23. The molecule has 0 saturated heterocycles. The molecule has 0 saturated carbocycles. The third-order valence-electron chi connectivity index (χ3n) is 3.13. The largest absolute Gasteiger partial charge is 0.396 e. The number of amides is 1. The number of nitrogens with zero attached hydrogens (tertiary/aromatic N) is 1. The van der Waals surface area contributed by atoms with Gasteiger partial charge >= 0.3 is 0 Å². The summed E-state index contributed by atoms with van der Waals surface area (Å²) in [5.74, 6) is 0.0399. The average molecular weight is 347 g/mol. The molecule has 0 aliphatic rings. The Labute approximate surface area is 142 Å². The molecule has 0 bridgehead atoms. The number of nitrogens with one attached hydrogen (secondary N) is 1. The molecule has 22 heavy (non-hydrogen) atoms. The molecule has 0 aliphatic carbocycles. The van der Waals surface area contributed by atoms with Crippen molar-refractivity contribution in [1.82, 2.24) is 10.2 Å². The van der Waals surface area contributed by atoms with E-state index < -0.39 is 0 Å². The Morgan fingerprint density at radius 2 is 2.00 bits per heavy atom. The van der Waals surface area contributed by atoms with E-state index >= 15 is 0 Å². The second-order valence-corrected chi connectivity index (χ2v) is 6.39. The molecule has 2 N–H and O–H groups in total. The molecule has 1 aromatic rings. The molecular formula is C16H24Cl2N2O2. The summed E-state index contributed by atoms with van der Waals surface area (Å²) in [6.07, 6.45) is 1.11. The van der Waals surface area contributed by atoms with Crippen molar-refractivity contribution >= 4 is 29.1 Å². The van der Waals surface area contributed by atoms with E-state index in [1.165, 1.54) is 0 Å². The minimum absolute atomic E-state index is 0.0399. The van der Waals surface area contributed by atoms with E-state index in [-0.39, 0.29) is 18.6 Å². The molecule has 0 aliphatic heterocycles. The highest BCUT2D eigenvalue weighted by molar-refractivity contribution is 6.42. The predicted molar refractivity (Wildman–Crippen MR) is 91.3 cm³/mol. The molecule has 0 heterocycles. The molecular weight excluding hydrogens is 323 g/mol. The monoisotopic (exact) mass is 346 g/mol. The molecule has 0 spiro atoms. The molecule has 0 atom stereocenters. The van der Waals surface area contributed by atoms with Crippen molar-refractivity contribution in [3.05, 3.63) is 33.8 Å². The van der Waals surface area contributed by atoms with Gasteiger partial charge in [0.1, 0.15) is 0 Å². The standard InChI is InChI=1S/C16H24Cl2N2O2/c1-12(2)19-16(22)6-8-20(7-3-9-21)11-13-4-5-14(17)15(18)10-13/h4-5,10,12,21H,3,6-9,11H2,1-2H3,(H,19,22). The number of rotatable bonds is 9. The Morgan fingerprint density at radius 1 is 1.27 bits per heavy atom. The summed E-state index contributed by atoms with van der Waals surface area (Å²) >= 11 is 12.0. The van der Waals surface area contributed by atoms with E-state index in [9.17, 15) is 4.79 Å². The van der Waals surface area contributed by atoms with Crippen LogP contribution < -0.4 is 5.32 Å². The van der Waals surface area contributed by atoms with Gasteiger partial charge in [0.15, 0.2) is 0 Å². The van der Waals surface area contributed by atoms with E-state index in [0.29, 0.717) is 36.0 Å². The number of carbonyl (C=O) groups is 1. The molecule has 0 radical (unpaired) electrons. The van der Waals surface area contributed by atoms with Gasteiger partial charge in [0.05, 0.1) is 10.0 Å². The summed E-state index contributed by atoms with van der Waals surface area (Å²) in [7, 11) is 0. The maximum atomic E-state index is 11.8. The normalized spacial score (nSPS) is 11.2. The first-order valence-corrected chi connectivity index (χ1v) is 8.24. The molecule has 1 amide bonds. The number of halogens is 2. The summed E-state index contributed by atoms with van der Waals surface area (Å²) in [6.45, 7) is 6.06. The summed E-state index contributed by atoms with van der Waals surface area (Å²) in [6, 6.07) is 5.68. The van der Waals surface area contributed by atoms with Crippen LogP contribution in [0.5, 0.6) is 0 Å². The number of hydrogen-bond donors (Lipinski definition) is 2. The summed E-state index contributed by atoms with van der Waals surface area (Å²) in [5, 5.41) is 13.0. The van der Waals surface area contributed by atoms with Gasteiger partial charge in [-0.3, -0.25) is 9.69 Å². The lowest BCUT2D eigenvalue weighted by Crippen LogP contribution is -2.34. The van der Waals surface area contributed by atoms with Gasteiger partial charge in [-0.2, -0.15) is 0 Å². The van der Waals surface area contributed by atoms with Crippen molar-refractivity contribution in [2.45, 2.75) is 39.3 Å². The lowest BCUT2D eigenvalue weighted by Gasteiger charge is -2.22. The van der Waals surface area contributed by atoms with Crippen molar-refractivity contribution in [1.29, 1.82) is 0 Å². The van der Waals surface area contributed by atoms with E-state index in [4.69, 9.17) is 28.3 Å². The van der Waals surface area contributed by atoms with Crippen LogP contribution in [-0.2, 0) is 11.3 Å².